The number of anilines is 1. The number of carboxylic acids is 1. The van der Waals surface area contributed by atoms with Crippen molar-refractivity contribution in [3.63, 3.8) is 0 Å². The number of ether oxygens (including phenoxy) is 1. The maximum atomic E-state index is 11.5. The molecule has 9 nitrogen and oxygen atoms in total. The van der Waals surface area contributed by atoms with Gasteiger partial charge in [0.15, 0.2) is 5.69 Å². The Hall–Kier alpha value is -2.71. The van der Waals surface area contributed by atoms with Crippen molar-refractivity contribution in [1.82, 2.24) is 4.98 Å². The highest BCUT2D eigenvalue weighted by Crippen LogP contribution is 2.30. The predicted molar refractivity (Wildman–Crippen MR) is 74.8 cm³/mol. The SMILES string of the molecule is COC(=O)c1ccc([N+](=O)[O-])c(N2CCCC(C(=O)O)C2)n1. The van der Waals surface area contributed by atoms with Crippen LogP contribution in [0.1, 0.15) is 23.3 Å². The number of piperidine rings is 1. The van der Waals surface area contributed by atoms with E-state index >= 15 is 0 Å². The van der Waals surface area contributed by atoms with E-state index in [0.717, 1.165) is 0 Å². The van der Waals surface area contributed by atoms with Gasteiger partial charge in [-0.25, -0.2) is 9.78 Å². The highest BCUT2D eigenvalue weighted by atomic mass is 16.6. The van der Waals surface area contributed by atoms with E-state index in [-0.39, 0.29) is 23.7 Å². The molecule has 0 amide bonds. The fourth-order valence-electron chi connectivity index (χ4n) is 2.41. The maximum absolute atomic E-state index is 11.5. The molecule has 0 aromatic carbocycles. The summed E-state index contributed by atoms with van der Waals surface area (Å²) in [5, 5.41) is 20.2. The number of carboxylic acid groups (broad SMARTS) is 1. The van der Waals surface area contributed by atoms with Crippen molar-refractivity contribution in [2.24, 2.45) is 5.92 Å². The molecule has 1 aromatic rings. The molecule has 0 aliphatic carbocycles. The first kappa shape index (κ1) is 15.7. The van der Waals surface area contributed by atoms with E-state index in [2.05, 4.69) is 9.72 Å². The zero-order valence-electron chi connectivity index (χ0n) is 11.9. The van der Waals surface area contributed by atoms with Crippen LogP contribution in [-0.4, -0.2) is 47.2 Å². The van der Waals surface area contributed by atoms with Gasteiger partial charge in [-0.1, -0.05) is 0 Å². The number of esters is 1. The van der Waals surface area contributed by atoms with Crippen molar-refractivity contribution in [2.45, 2.75) is 12.8 Å². The van der Waals surface area contributed by atoms with Gasteiger partial charge in [-0.05, 0) is 18.9 Å². The highest BCUT2D eigenvalue weighted by Gasteiger charge is 2.30. The number of methoxy groups -OCH3 is 1. The summed E-state index contributed by atoms with van der Waals surface area (Å²) in [5.74, 6) is -2.27. The van der Waals surface area contributed by atoms with Crippen LogP contribution < -0.4 is 4.90 Å². The molecular weight excluding hydrogens is 294 g/mol. The van der Waals surface area contributed by atoms with E-state index < -0.39 is 22.8 Å². The van der Waals surface area contributed by atoms with Crippen molar-refractivity contribution in [1.29, 1.82) is 0 Å². The lowest BCUT2D eigenvalue weighted by molar-refractivity contribution is -0.384. The molecule has 1 aromatic heterocycles. The molecule has 1 atom stereocenters. The van der Waals surface area contributed by atoms with Crippen LogP contribution >= 0.6 is 0 Å². The van der Waals surface area contributed by atoms with Crippen LogP contribution in [0.15, 0.2) is 12.1 Å². The minimum Gasteiger partial charge on any atom is -0.481 e. The monoisotopic (exact) mass is 309 g/mol. The summed E-state index contributed by atoms with van der Waals surface area (Å²) in [4.78, 5) is 38.7. The van der Waals surface area contributed by atoms with Crippen molar-refractivity contribution >= 4 is 23.4 Å². The molecule has 22 heavy (non-hydrogen) atoms. The largest absolute Gasteiger partial charge is 0.481 e. The van der Waals surface area contributed by atoms with Crippen molar-refractivity contribution in [3.05, 3.63) is 27.9 Å². The van der Waals surface area contributed by atoms with E-state index in [1.54, 1.807) is 0 Å². The lowest BCUT2D eigenvalue weighted by atomic mass is 9.98. The van der Waals surface area contributed by atoms with Crippen LogP contribution in [-0.2, 0) is 9.53 Å². The van der Waals surface area contributed by atoms with Crippen LogP contribution in [0.3, 0.4) is 0 Å². The van der Waals surface area contributed by atoms with Crippen molar-refractivity contribution in [3.8, 4) is 0 Å². The van der Waals surface area contributed by atoms with Crippen LogP contribution in [0.5, 0.6) is 0 Å². The van der Waals surface area contributed by atoms with Crippen LogP contribution in [0.2, 0.25) is 0 Å². The average Bonchev–Trinajstić information content (AvgIpc) is 2.53. The second-order valence-corrected chi connectivity index (χ2v) is 4.91. The van der Waals surface area contributed by atoms with Crippen molar-refractivity contribution in [2.75, 3.05) is 25.1 Å². The molecule has 2 rings (SSSR count). The average molecular weight is 309 g/mol. The smallest absolute Gasteiger partial charge is 0.356 e. The molecule has 1 N–H and O–H groups in total. The van der Waals surface area contributed by atoms with E-state index in [4.69, 9.17) is 5.11 Å². The minimum absolute atomic E-state index is 0.00106. The zero-order chi connectivity index (χ0) is 16.3. The number of nitrogens with zero attached hydrogens (tertiary/aromatic N) is 3. The second-order valence-electron chi connectivity index (χ2n) is 4.91. The summed E-state index contributed by atoms with van der Waals surface area (Å²) >= 11 is 0. The Morgan fingerprint density at radius 3 is 2.82 bits per heavy atom. The molecule has 1 fully saturated rings. The zero-order valence-corrected chi connectivity index (χ0v) is 11.9. The Morgan fingerprint density at radius 2 is 2.23 bits per heavy atom. The lowest BCUT2D eigenvalue weighted by Crippen LogP contribution is -2.39. The van der Waals surface area contributed by atoms with Gasteiger partial charge < -0.3 is 14.7 Å². The molecule has 0 saturated carbocycles. The van der Waals surface area contributed by atoms with Gasteiger partial charge in [-0.3, -0.25) is 14.9 Å². The third kappa shape index (κ3) is 3.13. The fraction of sp³-hybridized carbons (Fsp3) is 0.462. The first-order valence-corrected chi connectivity index (χ1v) is 6.65. The molecule has 0 spiro atoms. The van der Waals surface area contributed by atoms with Gasteiger partial charge >= 0.3 is 17.6 Å². The molecule has 1 unspecified atom stereocenters. The van der Waals surface area contributed by atoms with Crippen LogP contribution in [0, 0.1) is 16.0 Å². The number of nitro groups is 1. The van der Waals surface area contributed by atoms with E-state index in [9.17, 15) is 19.7 Å². The number of pyridine rings is 1. The number of aromatic nitrogens is 1. The Morgan fingerprint density at radius 1 is 1.50 bits per heavy atom. The first-order chi connectivity index (χ1) is 10.4. The third-order valence-corrected chi connectivity index (χ3v) is 3.52. The maximum Gasteiger partial charge on any atom is 0.356 e. The van der Waals surface area contributed by atoms with Gasteiger partial charge in [-0.2, -0.15) is 0 Å². The second kappa shape index (κ2) is 6.37. The molecule has 9 heteroatoms. The van der Waals surface area contributed by atoms with Gasteiger partial charge in [0.1, 0.15) is 0 Å². The molecular formula is C13H15N3O6. The molecule has 1 saturated heterocycles. The molecule has 1 aliphatic rings. The minimum atomic E-state index is -0.948. The molecule has 1 aliphatic heterocycles. The van der Waals surface area contributed by atoms with Gasteiger partial charge in [0.05, 0.1) is 18.0 Å². The number of carbonyl (C=O) groups excluding carboxylic acids is 1. The Labute approximate surface area is 125 Å². The number of carbonyl (C=O) groups is 2. The highest BCUT2D eigenvalue weighted by molar-refractivity contribution is 5.88. The third-order valence-electron chi connectivity index (χ3n) is 3.52. The molecule has 0 radical (unpaired) electrons. The van der Waals surface area contributed by atoms with Gasteiger partial charge in [0, 0.05) is 19.2 Å². The normalized spacial score (nSPS) is 17.9. The summed E-state index contributed by atoms with van der Waals surface area (Å²) in [7, 11) is 1.19. The topological polar surface area (TPSA) is 123 Å². The van der Waals surface area contributed by atoms with Gasteiger partial charge in [0.2, 0.25) is 5.82 Å². The Bertz CT molecular complexity index is 618. The quantitative estimate of drug-likeness (QED) is 0.498. The fourth-order valence-corrected chi connectivity index (χ4v) is 2.41. The summed E-state index contributed by atoms with van der Waals surface area (Å²) < 4.78 is 4.55. The summed E-state index contributed by atoms with van der Waals surface area (Å²) in [5.41, 5.74) is -0.320. The number of aliphatic carboxylic acids is 1. The molecule has 118 valence electrons. The van der Waals surface area contributed by atoms with E-state index in [0.29, 0.717) is 19.4 Å². The number of hydrogen-bond acceptors (Lipinski definition) is 7. The number of rotatable bonds is 4. The summed E-state index contributed by atoms with van der Waals surface area (Å²) in [6.45, 7) is 0.566. The lowest BCUT2D eigenvalue weighted by Gasteiger charge is -2.31. The predicted octanol–water partition coefficient (Wildman–Crippen LogP) is 1.08. The van der Waals surface area contributed by atoms with E-state index in [1.807, 2.05) is 0 Å². The van der Waals surface area contributed by atoms with E-state index in [1.165, 1.54) is 24.1 Å². The number of hydrogen-bond donors (Lipinski definition) is 1. The van der Waals surface area contributed by atoms with Gasteiger partial charge in [-0.15, -0.1) is 0 Å². The van der Waals surface area contributed by atoms with Gasteiger partial charge in [0.25, 0.3) is 0 Å². The standard InChI is InChI=1S/C13H15N3O6/c1-22-13(19)9-4-5-10(16(20)21)11(14-9)15-6-2-3-8(7-15)12(17)18/h4-5,8H,2-3,6-7H2,1H3,(H,17,18). The summed E-state index contributed by atoms with van der Waals surface area (Å²) in [6, 6.07) is 2.39. The van der Waals surface area contributed by atoms with Crippen molar-refractivity contribution < 1.29 is 24.4 Å². The Kier molecular flexibility index (Phi) is 4.54. The van der Waals surface area contributed by atoms with Crippen LogP contribution in [0.4, 0.5) is 11.5 Å². The molecule has 2 heterocycles. The summed E-state index contributed by atoms with van der Waals surface area (Å²) in [6.07, 6.45) is 1.09. The molecule has 0 bridgehead atoms. The first-order valence-electron chi connectivity index (χ1n) is 6.65. The Balaban J connectivity index is 2.40. The van der Waals surface area contributed by atoms with Crippen LogP contribution in [0.25, 0.3) is 0 Å².